The van der Waals surface area contributed by atoms with Crippen molar-refractivity contribution in [1.29, 1.82) is 0 Å². The quantitative estimate of drug-likeness (QED) is 0.788. The molecule has 0 saturated heterocycles. The minimum absolute atomic E-state index is 0.202. The van der Waals surface area contributed by atoms with Crippen LogP contribution < -0.4 is 0 Å². The first-order valence-electron chi connectivity index (χ1n) is 6.52. The van der Waals surface area contributed by atoms with E-state index in [9.17, 15) is 4.79 Å². The van der Waals surface area contributed by atoms with Crippen LogP contribution >= 0.6 is 0 Å². The maximum atomic E-state index is 10.9. The van der Waals surface area contributed by atoms with Gasteiger partial charge in [-0.1, -0.05) is 0 Å². The Morgan fingerprint density at radius 2 is 2.00 bits per heavy atom. The molecule has 3 aromatic heterocycles. The van der Waals surface area contributed by atoms with Gasteiger partial charge in [0, 0.05) is 30.4 Å². The number of nitrogens with zero attached hydrogens (tertiary/aromatic N) is 5. The molecule has 7 nitrogen and oxygen atoms in total. The average molecular weight is 285 g/mol. The highest BCUT2D eigenvalue weighted by Crippen LogP contribution is 2.31. The van der Waals surface area contributed by atoms with Gasteiger partial charge in [0.2, 0.25) is 0 Å². The molecule has 0 radical (unpaired) electrons. The highest BCUT2D eigenvalue weighted by Gasteiger charge is 2.17. The second kappa shape index (κ2) is 4.69. The number of carboxylic acid groups (broad SMARTS) is 1. The van der Waals surface area contributed by atoms with Gasteiger partial charge in [0.15, 0.2) is 5.65 Å². The van der Waals surface area contributed by atoms with Crippen molar-refractivity contribution < 1.29 is 9.90 Å². The van der Waals surface area contributed by atoms with Crippen molar-refractivity contribution in [2.24, 2.45) is 7.05 Å². The SMILES string of the molecule is Cc1nn(C)cc1-c1ccnc2c1c(C)nn2CC(=O)O. The highest BCUT2D eigenvalue weighted by atomic mass is 16.4. The van der Waals surface area contributed by atoms with Crippen LogP contribution in [0.5, 0.6) is 0 Å². The Balaban J connectivity index is 2.28. The Morgan fingerprint density at radius 3 is 2.62 bits per heavy atom. The third kappa shape index (κ3) is 2.16. The third-order valence-electron chi connectivity index (χ3n) is 3.40. The van der Waals surface area contributed by atoms with Gasteiger partial charge in [0.25, 0.3) is 0 Å². The largest absolute Gasteiger partial charge is 0.480 e. The highest BCUT2D eigenvalue weighted by molar-refractivity contribution is 5.95. The zero-order valence-corrected chi connectivity index (χ0v) is 12.0. The minimum atomic E-state index is -0.941. The van der Waals surface area contributed by atoms with Crippen LogP contribution in [0, 0.1) is 13.8 Å². The van der Waals surface area contributed by atoms with Gasteiger partial charge in [0.05, 0.1) is 11.4 Å². The Kier molecular flexibility index (Phi) is 2.97. The van der Waals surface area contributed by atoms with Gasteiger partial charge in [-0.15, -0.1) is 0 Å². The number of pyridine rings is 1. The second-order valence-electron chi connectivity index (χ2n) is 5.00. The molecular weight excluding hydrogens is 270 g/mol. The van der Waals surface area contributed by atoms with E-state index in [2.05, 4.69) is 15.2 Å². The summed E-state index contributed by atoms with van der Waals surface area (Å²) in [7, 11) is 1.87. The van der Waals surface area contributed by atoms with Crippen LogP contribution in [0.3, 0.4) is 0 Å². The molecule has 0 aliphatic rings. The standard InChI is InChI=1S/C14H15N5O2/c1-8-11(6-18(3)16-8)10-4-5-15-14-13(10)9(2)17-19(14)7-12(20)21/h4-6H,7H2,1-3H3,(H,20,21). The van der Waals surface area contributed by atoms with Crippen molar-refractivity contribution in [3.05, 3.63) is 29.8 Å². The number of rotatable bonds is 3. The number of fused-ring (bicyclic) bond motifs is 1. The van der Waals surface area contributed by atoms with Crippen LogP contribution in [-0.4, -0.2) is 35.6 Å². The summed E-state index contributed by atoms with van der Waals surface area (Å²) in [5.74, 6) is -0.941. The number of hydrogen-bond acceptors (Lipinski definition) is 4. The Hall–Kier alpha value is -2.70. The van der Waals surface area contributed by atoms with E-state index in [0.29, 0.717) is 5.65 Å². The number of aromatic nitrogens is 5. The van der Waals surface area contributed by atoms with E-state index < -0.39 is 5.97 Å². The maximum absolute atomic E-state index is 10.9. The normalized spacial score (nSPS) is 11.2. The molecule has 0 fully saturated rings. The maximum Gasteiger partial charge on any atom is 0.325 e. The lowest BCUT2D eigenvalue weighted by Gasteiger charge is -2.03. The van der Waals surface area contributed by atoms with E-state index in [0.717, 1.165) is 27.9 Å². The molecule has 0 bridgehead atoms. The number of carboxylic acids is 1. The molecule has 0 spiro atoms. The van der Waals surface area contributed by atoms with Crippen molar-refractivity contribution in [1.82, 2.24) is 24.5 Å². The van der Waals surface area contributed by atoms with Crippen LogP contribution in [0.25, 0.3) is 22.2 Å². The first-order valence-corrected chi connectivity index (χ1v) is 6.52. The predicted octanol–water partition coefficient (Wildman–Crippen LogP) is 1.53. The van der Waals surface area contributed by atoms with Gasteiger partial charge < -0.3 is 5.11 Å². The second-order valence-corrected chi connectivity index (χ2v) is 5.00. The van der Waals surface area contributed by atoms with Gasteiger partial charge in [-0.05, 0) is 25.5 Å². The molecule has 108 valence electrons. The summed E-state index contributed by atoms with van der Waals surface area (Å²) in [5.41, 5.74) is 4.23. The smallest absolute Gasteiger partial charge is 0.325 e. The van der Waals surface area contributed by atoms with Gasteiger partial charge in [-0.2, -0.15) is 10.2 Å². The summed E-state index contributed by atoms with van der Waals surface area (Å²) in [6.07, 6.45) is 3.61. The van der Waals surface area contributed by atoms with Crippen LogP contribution in [-0.2, 0) is 18.4 Å². The Labute approximate surface area is 120 Å². The molecule has 0 saturated carbocycles. The van der Waals surface area contributed by atoms with Crippen molar-refractivity contribution >= 4 is 17.0 Å². The number of aryl methyl sites for hydroxylation is 3. The zero-order valence-electron chi connectivity index (χ0n) is 12.0. The minimum Gasteiger partial charge on any atom is -0.480 e. The van der Waals surface area contributed by atoms with Crippen LogP contribution in [0.2, 0.25) is 0 Å². The van der Waals surface area contributed by atoms with E-state index in [-0.39, 0.29) is 6.54 Å². The summed E-state index contributed by atoms with van der Waals surface area (Å²) in [6.45, 7) is 3.60. The fourth-order valence-corrected chi connectivity index (χ4v) is 2.61. The molecule has 3 heterocycles. The lowest BCUT2D eigenvalue weighted by atomic mass is 10.0. The van der Waals surface area contributed by atoms with Crippen LogP contribution in [0.15, 0.2) is 18.5 Å². The molecule has 0 atom stereocenters. The van der Waals surface area contributed by atoms with Gasteiger partial charge >= 0.3 is 5.97 Å². The average Bonchev–Trinajstić information content (AvgIpc) is 2.90. The fourth-order valence-electron chi connectivity index (χ4n) is 2.61. The summed E-state index contributed by atoms with van der Waals surface area (Å²) in [4.78, 5) is 15.2. The van der Waals surface area contributed by atoms with E-state index in [4.69, 9.17) is 5.11 Å². The van der Waals surface area contributed by atoms with E-state index in [1.165, 1.54) is 4.68 Å². The van der Waals surface area contributed by atoms with Crippen molar-refractivity contribution in [3.63, 3.8) is 0 Å². The Morgan fingerprint density at radius 1 is 1.24 bits per heavy atom. The third-order valence-corrected chi connectivity index (χ3v) is 3.40. The first-order chi connectivity index (χ1) is 9.97. The van der Waals surface area contributed by atoms with Crippen LogP contribution in [0.1, 0.15) is 11.4 Å². The zero-order chi connectivity index (χ0) is 15.1. The molecule has 0 unspecified atom stereocenters. The summed E-state index contributed by atoms with van der Waals surface area (Å²) in [5, 5.41) is 18.5. The van der Waals surface area contributed by atoms with Crippen molar-refractivity contribution in [2.75, 3.05) is 0 Å². The molecule has 3 rings (SSSR count). The number of aliphatic carboxylic acids is 1. The van der Waals surface area contributed by atoms with E-state index in [1.54, 1.807) is 10.9 Å². The fraction of sp³-hybridized carbons (Fsp3) is 0.286. The molecule has 21 heavy (non-hydrogen) atoms. The van der Waals surface area contributed by atoms with Gasteiger partial charge in [0.1, 0.15) is 6.54 Å². The molecule has 0 aliphatic heterocycles. The molecule has 0 aliphatic carbocycles. The van der Waals surface area contributed by atoms with Crippen molar-refractivity contribution in [2.45, 2.75) is 20.4 Å². The molecule has 7 heteroatoms. The predicted molar refractivity (Wildman–Crippen MR) is 76.8 cm³/mol. The lowest BCUT2D eigenvalue weighted by molar-refractivity contribution is -0.137. The molecule has 0 amide bonds. The first kappa shape index (κ1) is 13.3. The molecule has 0 aromatic carbocycles. The topological polar surface area (TPSA) is 85.8 Å². The molecule has 3 aromatic rings. The Bertz CT molecular complexity index is 847. The summed E-state index contributed by atoms with van der Waals surface area (Å²) in [6, 6.07) is 1.91. The monoisotopic (exact) mass is 285 g/mol. The van der Waals surface area contributed by atoms with Gasteiger partial charge in [-0.25, -0.2) is 9.67 Å². The van der Waals surface area contributed by atoms with Crippen LogP contribution in [0.4, 0.5) is 0 Å². The van der Waals surface area contributed by atoms with E-state index >= 15 is 0 Å². The molecular formula is C14H15N5O2. The lowest BCUT2D eigenvalue weighted by Crippen LogP contribution is -2.10. The summed E-state index contributed by atoms with van der Waals surface area (Å²) < 4.78 is 3.18. The van der Waals surface area contributed by atoms with E-state index in [1.807, 2.05) is 33.2 Å². The number of hydrogen-bond donors (Lipinski definition) is 1. The molecule has 1 N–H and O–H groups in total. The van der Waals surface area contributed by atoms with Gasteiger partial charge in [-0.3, -0.25) is 9.48 Å². The van der Waals surface area contributed by atoms with Crippen molar-refractivity contribution in [3.8, 4) is 11.1 Å². The summed E-state index contributed by atoms with van der Waals surface area (Å²) >= 11 is 0. The number of carbonyl (C=O) groups is 1.